The fourth-order valence-corrected chi connectivity index (χ4v) is 5.82. The summed E-state index contributed by atoms with van der Waals surface area (Å²) in [4.78, 5) is 0.266. The third kappa shape index (κ3) is 5.70. The maximum atomic E-state index is 13.7. The Morgan fingerprint density at radius 3 is 2.34 bits per heavy atom. The number of aliphatic hydroxyl groups is 1. The van der Waals surface area contributed by atoms with Crippen LogP contribution in [0.1, 0.15) is 49.1 Å². The standard InChI is InChI=1S/C25H36N2O4S/c1-16(2)14-27(22-9-7-17(3)11-18(22)4)32(29,30)25-10-8-21(12-19(25)5)23(28)13-26-20(6)24-15-31-24/h7-12,16,20,23-24,26,28H,13-15H2,1-6H3. The molecule has 2 aromatic carbocycles. The molecule has 0 spiro atoms. The number of hydrogen-bond donors (Lipinski definition) is 2. The van der Waals surface area contributed by atoms with Crippen LogP contribution in [0.4, 0.5) is 5.69 Å². The van der Waals surface area contributed by atoms with E-state index in [2.05, 4.69) is 5.32 Å². The Morgan fingerprint density at radius 2 is 1.78 bits per heavy atom. The Balaban J connectivity index is 1.87. The van der Waals surface area contributed by atoms with Gasteiger partial charge in [-0.2, -0.15) is 0 Å². The van der Waals surface area contributed by atoms with Gasteiger partial charge in [0.05, 0.1) is 29.4 Å². The van der Waals surface area contributed by atoms with Gasteiger partial charge in [0.1, 0.15) is 0 Å². The Kier molecular flexibility index (Phi) is 7.65. The van der Waals surface area contributed by atoms with Gasteiger partial charge < -0.3 is 15.2 Å². The first-order valence-corrected chi connectivity index (χ1v) is 12.7. The molecule has 0 bridgehead atoms. The molecule has 7 heteroatoms. The molecule has 0 radical (unpaired) electrons. The molecule has 1 saturated heterocycles. The maximum absolute atomic E-state index is 13.7. The summed E-state index contributed by atoms with van der Waals surface area (Å²) in [5, 5.41) is 13.9. The summed E-state index contributed by atoms with van der Waals surface area (Å²) in [6.45, 7) is 13.3. The molecule has 0 saturated carbocycles. The predicted octanol–water partition coefficient (Wildman–Crippen LogP) is 3.87. The van der Waals surface area contributed by atoms with E-state index in [9.17, 15) is 13.5 Å². The van der Waals surface area contributed by atoms with Crippen LogP contribution in [0.2, 0.25) is 0 Å². The molecule has 3 atom stereocenters. The molecule has 2 N–H and O–H groups in total. The van der Waals surface area contributed by atoms with Gasteiger partial charge in [-0.25, -0.2) is 8.42 Å². The second kappa shape index (κ2) is 9.91. The highest BCUT2D eigenvalue weighted by Gasteiger charge is 2.30. The van der Waals surface area contributed by atoms with E-state index in [0.29, 0.717) is 29.9 Å². The fourth-order valence-electron chi connectivity index (χ4n) is 3.92. The minimum absolute atomic E-state index is 0.162. The van der Waals surface area contributed by atoms with E-state index >= 15 is 0 Å². The third-order valence-electron chi connectivity index (χ3n) is 5.85. The smallest absolute Gasteiger partial charge is 0.264 e. The molecule has 1 fully saturated rings. The van der Waals surface area contributed by atoms with Crippen molar-refractivity contribution < 1.29 is 18.3 Å². The van der Waals surface area contributed by atoms with Crippen molar-refractivity contribution in [2.45, 2.75) is 64.7 Å². The second-order valence-corrected chi connectivity index (χ2v) is 11.2. The van der Waals surface area contributed by atoms with E-state index in [4.69, 9.17) is 4.74 Å². The topological polar surface area (TPSA) is 82.2 Å². The molecule has 0 aliphatic carbocycles. The number of aryl methyl sites for hydroxylation is 3. The average molecular weight is 461 g/mol. The summed E-state index contributed by atoms with van der Waals surface area (Å²) in [5.74, 6) is 0.162. The number of aliphatic hydroxyl groups excluding tert-OH is 1. The summed E-state index contributed by atoms with van der Waals surface area (Å²) in [6, 6.07) is 11.1. The summed E-state index contributed by atoms with van der Waals surface area (Å²) < 4.78 is 34.3. The van der Waals surface area contributed by atoms with Gasteiger partial charge in [0.25, 0.3) is 10.0 Å². The van der Waals surface area contributed by atoms with Gasteiger partial charge in [-0.15, -0.1) is 0 Å². The van der Waals surface area contributed by atoms with E-state index < -0.39 is 16.1 Å². The Morgan fingerprint density at radius 1 is 1.09 bits per heavy atom. The molecule has 32 heavy (non-hydrogen) atoms. The highest BCUT2D eigenvalue weighted by molar-refractivity contribution is 7.92. The first-order valence-electron chi connectivity index (χ1n) is 11.2. The van der Waals surface area contributed by atoms with Crippen LogP contribution < -0.4 is 9.62 Å². The number of anilines is 1. The zero-order valence-corrected chi connectivity index (χ0v) is 20.7. The molecular formula is C25H36N2O4S. The zero-order valence-electron chi connectivity index (χ0n) is 19.9. The van der Waals surface area contributed by atoms with Crippen molar-refractivity contribution in [2.75, 3.05) is 24.0 Å². The van der Waals surface area contributed by atoms with Crippen molar-refractivity contribution in [1.29, 1.82) is 0 Å². The number of nitrogens with zero attached hydrogens (tertiary/aromatic N) is 1. The van der Waals surface area contributed by atoms with E-state index in [1.807, 2.05) is 52.8 Å². The van der Waals surface area contributed by atoms with Gasteiger partial charge in [0.15, 0.2) is 0 Å². The average Bonchev–Trinajstić information content (AvgIpc) is 3.55. The highest BCUT2D eigenvalue weighted by atomic mass is 32.2. The molecule has 1 aliphatic rings. The number of rotatable bonds is 10. The number of sulfonamides is 1. The lowest BCUT2D eigenvalue weighted by Crippen LogP contribution is -2.35. The van der Waals surface area contributed by atoms with Crippen LogP contribution in [0, 0.1) is 26.7 Å². The van der Waals surface area contributed by atoms with E-state index in [-0.39, 0.29) is 23.0 Å². The summed E-state index contributed by atoms with van der Waals surface area (Å²) in [6.07, 6.45) is -0.508. The lowest BCUT2D eigenvalue weighted by Gasteiger charge is -2.28. The molecule has 0 aromatic heterocycles. The number of hydrogen-bond acceptors (Lipinski definition) is 5. The van der Waals surface area contributed by atoms with Gasteiger partial charge in [-0.1, -0.05) is 43.7 Å². The van der Waals surface area contributed by atoms with Crippen LogP contribution in [-0.2, 0) is 14.8 Å². The summed E-state index contributed by atoms with van der Waals surface area (Å²) in [7, 11) is -3.77. The lowest BCUT2D eigenvalue weighted by atomic mass is 10.1. The fraction of sp³-hybridized carbons (Fsp3) is 0.520. The van der Waals surface area contributed by atoms with Crippen molar-refractivity contribution in [3.63, 3.8) is 0 Å². The monoisotopic (exact) mass is 460 g/mol. The highest BCUT2D eigenvalue weighted by Crippen LogP contribution is 2.31. The van der Waals surface area contributed by atoms with E-state index in [1.165, 1.54) is 4.31 Å². The second-order valence-electron chi connectivity index (χ2n) is 9.33. The predicted molar refractivity (Wildman–Crippen MR) is 129 cm³/mol. The molecule has 2 aromatic rings. The Bertz CT molecular complexity index is 1050. The van der Waals surface area contributed by atoms with Crippen LogP contribution in [0.25, 0.3) is 0 Å². The molecule has 6 nitrogen and oxygen atoms in total. The summed E-state index contributed by atoms with van der Waals surface area (Å²) in [5.41, 5.74) is 4.05. The van der Waals surface area contributed by atoms with Crippen molar-refractivity contribution in [3.8, 4) is 0 Å². The largest absolute Gasteiger partial charge is 0.387 e. The third-order valence-corrected chi connectivity index (χ3v) is 7.79. The van der Waals surface area contributed by atoms with E-state index in [1.54, 1.807) is 25.1 Å². The lowest BCUT2D eigenvalue weighted by molar-refractivity contribution is 0.167. The van der Waals surface area contributed by atoms with Crippen LogP contribution in [-0.4, -0.2) is 45.4 Å². The quantitative estimate of drug-likeness (QED) is 0.526. The normalized spacial score (nSPS) is 17.9. The van der Waals surface area contributed by atoms with E-state index in [0.717, 1.165) is 17.7 Å². The molecule has 3 unspecified atom stereocenters. The Labute approximate surface area is 192 Å². The van der Waals surface area contributed by atoms with Crippen molar-refractivity contribution in [1.82, 2.24) is 5.32 Å². The van der Waals surface area contributed by atoms with Crippen LogP contribution in [0.15, 0.2) is 41.3 Å². The van der Waals surface area contributed by atoms with Gasteiger partial charge in [0.2, 0.25) is 0 Å². The number of nitrogens with one attached hydrogen (secondary N) is 1. The number of benzene rings is 2. The first-order chi connectivity index (χ1) is 15.0. The maximum Gasteiger partial charge on any atom is 0.264 e. The first kappa shape index (κ1) is 24.7. The Hall–Kier alpha value is -1.93. The molecular weight excluding hydrogens is 424 g/mol. The van der Waals surface area contributed by atoms with Gasteiger partial charge in [-0.3, -0.25) is 4.31 Å². The van der Waals surface area contributed by atoms with Gasteiger partial charge >= 0.3 is 0 Å². The van der Waals surface area contributed by atoms with Gasteiger partial charge in [0, 0.05) is 19.1 Å². The van der Waals surface area contributed by atoms with Crippen molar-refractivity contribution >= 4 is 15.7 Å². The molecule has 176 valence electrons. The SMILES string of the molecule is Cc1ccc(N(CC(C)C)S(=O)(=O)c2ccc(C(O)CNC(C)C3CO3)cc2C)c(C)c1. The summed E-state index contributed by atoms with van der Waals surface area (Å²) >= 11 is 0. The van der Waals surface area contributed by atoms with Crippen LogP contribution >= 0.6 is 0 Å². The zero-order chi connectivity index (χ0) is 23.6. The molecule has 1 aliphatic heterocycles. The number of ether oxygens (including phenoxy) is 1. The minimum atomic E-state index is -3.77. The molecule has 3 rings (SSSR count). The minimum Gasteiger partial charge on any atom is -0.387 e. The van der Waals surface area contributed by atoms with Crippen LogP contribution in [0.3, 0.4) is 0 Å². The number of epoxide rings is 1. The molecule has 0 amide bonds. The molecule has 1 heterocycles. The van der Waals surface area contributed by atoms with Gasteiger partial charge in [-0.05, 0) is 62.4 Å². The van der Waals surface area contributed by atoms with Crippen LogP contribution in [0.5, 0.6) is 0 Å². The van der Waals surface area contributed by atoms with Crippen molar-refractivity contribution in [2.24, 2.45) is 5.92 Å². The van der Waals surface area contributed by atoms with Crippen molar-refractivity contribution in [3.05, 3.63) is 58.7 Å².